The van der Waals surface area contributed by atoms with Crippen molar-refractivity contribution < 1.29 is 14.7 Å². The van der Waals surface area contributed by atoms with Gasteiger partial charge < -0.3 is 15.4 Å². The minimum Gasteiger partial charge on any atom is -0.491 e. The number of urea groups is 1. The third kappa shape index (κ3) is 3.76. The zero-order valence-corrected chi connectivity index (χ0v) is 21.0. The fourth-order valence-corrected chi connectivity index (χ4v) is 5.21. The van der Waals surface area contributed by atoms with Crippen LogP contribution in [0.25, 0.3) is 21.8 Å². The molecule has 11 heteroatoms. The number of aromatic hydroxyl groups is 1. The van der Waals surface area contributed by atoms with Crippen LogP contribution in [0.4, 0.5) is 4.79 Å². The Morgan fingerprint density at radius 1 is 0.872 bits per heavy atom. The predicted octanol–water partition coefficient (Wildman–Crippen LogP) is 3.09. The summed E-state index contributed by atoms with van der Waals surface area (Å²) >= 11 is 6.01. The first-order chi connectivity index (χ1) is 18.8. The Hall–Kier alpha value is -4.96. The summed E-state index contributed by atoms with van der Waals surface area (Å²) in [5.41, 5.74) is -1.46. The maximum Gasteiger partial charge on any atom is 0.325 e. The molecular weight excluding hydrogens is 522 g/mol. The Balaban J connectivity index is 1.39. The number of hydrogen-bond donors (Lipinski definition) is 3. The third-order valence-electron chi connectivity index (χ3n) is 6.90. The van der Waals surface area contributed by atoms with Gasteiger partial charge in [-0.2, -0.15) is 0 Å². The lowest BCUT2D eigenvalue weighted by atomic mass is 9.82. The Morgan fingerprint density at radius 3 is 2.15 bits per heavy atom. The minimum absolute atomic E-state index is 0.127. The van der Waals surface area contributed by atoms with Crippen molar-refractivity contribution in [2.24, 2.45) is 0 Å². The van der Waals surface area contributed by atoms with Crippen molar-refractivity contribution >= 4 is 45.3 Å². The molecule has 2 aromatic heterocycles. The maximum atomic E-state index is 13.9. The first kappa shape index (κ1) is 24.4. The first-order valence-corrected chi connectivity index (χ1v) is 12.4. The van der Waals surface area contributed by atoms with Crippen molar-refractivity contribution in [3.05, 3.63) is 116 Å². The van der Waals surface area contributed by atoms with Gasteiger partial charge in [0.1, 0.15) is 10.9 Å². The molecule has 0 radical (unpaired) electrons. The lowest BCUT2D eigenvalue weighted by molar-refractivity contribution is -0.130. The average Bonchev–Trinajstić information content (AvgIpc) is 3.20. The highest BCUT2D eigenvalue weighted by Crippen LogP contribution is 2.36. The van der Waals surface area contributed by atoms with Crippen LogP contribution in [-0.4, -0.2) is 43.3 Å². The number of nitrogens with one attached hydrogen (secondary N) is 2. The molecule has 10 nitrogen and oxygen atoms in total. The van der Waals surface area contributed by atoms with Gasteiger partial charge in [0, 0.05) is 10.4 Å². The summed E-state index contributed by atoms with van der Waals surface area (Å²) in [5, 5.41) is 17.6. The number of carbonyl (C=O) groups is 2. The molecule has 194 valence electrons. The van der Waals surface area contributed by atoms with Crippen LogP contribution in [-0.2, 0) is 16.9 Å². The molecule has 39 heavy (non-hydrogen) atoms. The van der Waals surface area contributed by atoms with Crippen LogP contribution in [0, 0.1) is 0 Å². The number of rotatable bonds is 5. The van der Waals surface area contributed by atoms with Crippen molar-refractivity contribution in [2.75, 3.05) is 6.54 Å². The molecule has 0 unspecified atom stereocenters. The van der Waals surface area contributed by atoms with Crippen LogP contribution in [0.15, 0.2) is 88.5 Å². The van der Waals surface area contributed by atoms with Gasteiger partial charge in [-0.05, 0) is 29.3 Å². The maximum absolute atomic E-state index is 13.9. The van der Waals surface area contributed by atoms with Gasteiger partial charge in [-0.1, -0.05) is 72.3 Å². The number of carbonyl (C=O) groups excluding carboxylic acids is 2. The molecule has 5 aromatic rings. The topological polar surface area (TPSA) is 137 Å². The second-order valence-electron chi connectivity index (χ2n) is 9.11. The van der Waals surface area contributed by atoms with E-state index in [-0.39, 0.29) is 29.4 Å². The monoisotopic (exact) mass is 541 g/mol. The second-order valence-corrected chi connectivity index (χ2v) is 9.55. The van der Waals surface area contributed by atoms with Gasteiger partial charge in [0.05, 0.1) is 18.6 Å². The summed E-state index contributed by atoms with van der Waals surface area (Å²) in [4.78, 5) is 57.3. The number of amides is 3. The molecular formula is C28H20ClN5O5. The summed E-state index contributed by atoms with van der Waals surface area (Å²) in [6.45, 7) is -0.482. The predicted molar refractivity (Wildman–Crippen MR) is 145 cm³/mol. The zero-order valence-electron chi connectivity index (χ0n) is 20.2. The van der Waals surface area contributed by atoms with Crippen LogP contribution < -0.4 is 16.3 Å². The molecule has 0 saturated carbocycles. The van der Waals surface area contributed by atoms with E-state index in [4.69, 9.17) is 11.6 Å². The van der Waals surface area contributed by atoms with E-state index in [0.717, 1.165) is 9.58 Å². The second kappa shape index (κ2) is 9.10. The van der Waals surface area contributed by atoms with Gasteiger partial charge >= 0.3 is 6.03 Å². The Bertz CT molecular complexity index is 1860. The lowest BCUT2D eigenvalue weighted by Gasteiger charge is -2.28. The highest BCUT2D eigenvalue weighted by atomic mass is 35.5. The SMILES string of the molecule is O=C1NC(c2ccccc2)(c2ccccc2)C(=O)N1CCn1nc(O)c2[nH]c3cc(Cl)ccc3c(=O)c2c1=O. The number of pyridine rings is 1. The zero-order chi connectivity index (χ0) is 27.3. The van der Waals surface area contributed by atoms with Crippen molar-refractivity contribution in [1.82, 2.24) is 25.0 Å². The minimum atomic E-state index is -1.46. The Morgan fingerprint density at radius 2 is 1.51 bits per heavy atom. The van der Waals surface area contributed by atoms with Crippen LogP contribution in [0.2, 0.25) is 5.02 Å². The Kier molecular flexibility index (Phi) is 5.69. The highest BCUT2D eigenvalue weighted by Gasteiger charge is 2.53. The van der Waals surface area contributed by atoms with Crippen LogP contribution in [0.5, 0.6) is 5.88 Å². The van der Waals surface area contributed by atoms with Crippen LogP contribution in [0.1, 0.15) is 11.1 Å². The van der Waals surface area contributed by atoms with E-state index < -0.39 is 34.3 Å². The number of hydrogen-bond acceptors (Lipinski definition) is 6. The summed E-state index contributed by atoms with van der Waals surface area (Å²) in [5.74, 6) is -1.10. The van der Waals surface area contributed by atoms with E-state index in [2.05, 4.69) is 15.4 Å². The standard InChI is InChI=1S/C28H20ClN5O5/c29-18-11-12-19-20(15-18)30-22-21(23(19)35)25(37)34(32-24(22)36)14-13-33-26(38)28(31-27(33)39,16-7-3-1-4-8-16)17-9-5-2-6-10-17/h1-12,15H,13-14H2,(H,30,35)(H,31,39)(H,32,36). The lowest BCUT2D eigenvalue weighted by Crippen LogP contribution is -2.45. The van der Waals surface area contributed by atoms with E-state index in [0.29, 0.717) is 21.7 Å². The molecule has 3 N–H and O–H groups in total. The van der Waals surface area contributed by atoms with Crippen LogP contribution >= 0.6 is 11.6 Å². The fraction of sp³-hybridized carbons (Fsp3) is 0.107. The summed E-state index contributed by atoms with van der Waals surface area (Å²) in [6, 6.07) is 21.6. The molecule has 0 spiro atoms. The van der Waals surface area contributed by atoms with E-state index in [1.165, 1.54) is 18.2 Å². The summed E-state index contributed by atoms with van der Waals surface area (Å²) in [7, 11) is 0. The van der Waals surface area contributed by atoms with Gasteiger partial charge in [-0.3, -0.25) is 19.3 Å². The number of H-pyrrole nitrogens is 1. The molecule has 1 aliphatic rings. The van der Waals surface area contributed by atoms with Crippen molar-refractivity contribution in [3.8, 4) is 5.88 Å². The van der Waals surface area contributed by atoms with Gasteiger partial charge in [0.15, 0.2) is 5.54 Å². The van der Waals surface area contributed by atoms with Crippen molar-refractivity contribution in [1.29, 1.82) is 0 Å². The third-order valence-corrected chi connectivity index (χ3v) is 7.14. The van der Waals surface area contributed by atoms with Crippen molar-refractivity contribution in [2.45, 2.75) is 12.1 Å². The quantitative estimate of drug-likeness (QED) is 0.231. The molecule has 1 aliphatic heterocycles. The van der Waals surface area contributed by atoms with Gasteiger partial charge in [-0.15, -0.1) is 5.10 Å². The normalized spacial score (nSPS) is 14.7. The van der Waals surface area contributed by atoms with Gasteiger partial charge in [-0.25, -0.2) is 9.48 Å². The number of fused-ring (bicyclic) bond motifs is 2. The van der Waals surface area contributed by atoms with E-state index in [1.54, 1.807) is 48.5 Å². The number of nitrogens with zero attached hydrogens (tertiary/aromatic N) is 3. The largest absolute Gasteiger partial charge is 0.491 e. The number of imide groups is 1. The number of aromatic amines is 1. The van der Waals surface area contributed by atoms with Crippen molar-refractivity contribution in [3.63, 3.8) is 0 Å². The van der Waals surface area contributed by atoms with Gasteiger partial charge in [0.25, 0.3) is 17.3 Å². The number of aromatic nitrogens is 3. The number of halogens is 1. The summed E-state index contributed by atoms with van der Waals surface area (Å²) < 4.78 is 0.875. The fourth-order valence-electron chi connectivity index (χ4n) is 5.03. The van der Waals surface area contributed by atoms with Gasteiger partial charge in [0.2, 0.25) is 5.43 Å². The molecule has 3 heterocycles. The average molecular weight is 542 g/mol. The molecule has 0 aliphatic carbocycles. The number of benzene rings is 3. The van der Waals surface area contributed by atoms with E-state index in [1.807, 2.05) is 12.1 Å². The molecule has 1 saturated heterocycles. The van der Waals surface area contributed by atoms with E-state index >= 15 is 0 Å². The molecule has 3 amide bonds. The smallest absolute Gasteiger partial charge is 0.325 e. The molecule has 0 atom stereocenters. The first-order valence-electron chi connectivity index (χ1n) is 12.0. The van der Waals surface area contributed by atoms with E-state index in [9.17, 15) is 24.3 Å². The molecule has 6 rings (SSSR count). The Labute approximate surface area is 225 Å². The van der Waals surface area contributed by atoms with Crippen LogP contribution in [0.3, 0.4) is 0 Å². The summed E-state index contributed by atoms with van der Waals surface area (Å²) in [6.07, 6.45) is 0. The highest BCUT2D eigenvalue weighted by molar-refractivity contribution is 6.31. The molecule has 0 bridgehead atoms. The molecule has 1 fully saturated rings. The molecule has 3 aromatic carbocycles.